The molecule has 0 saturated carbocycles. The average Bonchev–Trinajstić information content (AvgIpc) is 3.20. The second-order valence-electron chi connectivity index (χ2n) is 7.22. The zero-order valence-electron chi connectivity index (χ0n) is 17.8. The van der Waals surface area contributed by atoms with E-state index in [0.717, 1.165) is 12.1 Å². The van der Waals surface area contributed by atoms with Gasteiger partial charge in [-0.3, -0.25) is 4.72 Å². The Bertz CT molecular complexity index is 1420. The summed E-state index contributed by atoms with van der Waals surface area (Å²) < 4.78 is 66.2. The molecule has 0 aliphatic rings. The largest absolute Gasteiger partial charge is 0.495 e. The molecule has 1 amide bonds. The second kappa shape index (κ2) is 9.40. The number of nitrogens with one attached hydrogen (secondary N) is 3. The van der Waals surface area contributed by atoms with Gasteiger partial charge in [0.2, 0.25) is 0 Å². The maximum atomic E-state index is 13.5. The molecular formula is C23H19F2N3O5S. The minimum atomic E-state index is -4.37. The van der Waals surface area contributed by atoms with Gasteiger partial charge in [-0.2, -0.15) is 8.42 Å². The van der Waals surface area contributed by atoms with Crippen LogP contribution in [0.15, 0.2) is 66.7 Å². The normalized spacial score (nSPS) is 11.3. The summed E-state index contributed by atoms with van der Waals surface area (Å²) in [6, 6.07) is 17.0. The topological polar surface area (TPSA) is 110 Å². The highest BCUT2D eigenvalue weighted by Crippen LogP contribution is 2.32. The summed E-state index contributed by atoms with van der Waals surface area (Å²) in [4.78, 5) is 14.9. The van der Waals surface area contributed by atoms with Gasteiger partial charge in [-0.05, 0) is 35.9 Å². The first-order valence-electron chi connectivity index (χ1n) is 9.91. The van der Waals surface area contributed by atoms with Gasteiger partial charge in [0.25, 0.3) is 0 Å². The number of fused-ring (bicyclic) bond motifs is 1. The number of hydrogen-bond acceptors (Lipinski definition) is 5. The van der Waals surface area contributed by atoms with Crippen molar-refractivity contribution in [2.45, 2.75) is 6.61 Å². The molecule has 4 aromatic rings. The zero-order valence-corrected chi connectivity index (χ0v) is 18.6. The van der Waals surface area contributed by atoms with E-state index in [1.165, 1.54) is 19.2 Å². The van der Waals surface area contributed by atoms with Gasteiger partial charge in [-0.25, -0.2) is 18.3 Å². The first-order valence-corrected chi connectivity index (χ1v) is 11.4. The van der Waals surface area contributed by atoms with Gasteiger partial charge in [-0.1, -0.05) is 30.3 Å². The number of benzene rings is 3. The third-order valence-corrected chi connectivity index (χ3v) is 5.77. The molecule has 1 aromatic heterocycles. The number of hydrogen-bond donors (Lipinski definition) is 3. The van der Waals surface area contributed by atoms with Crippen molar-refractivity contribution in [2.24, 2.45) is 0 Å². The Morgan fingerprint density at radius 2 is 1.74 bits per heavy atom. The number of aromatic amines is 1. The standard InChI is InChI=1S/C23H19F2N3O5S/c1-32-22-8-7-15(19-11-16-9-17(24)18(25)12-20(16)26-19)10-21(22)27-34(30,31)28-23(29)33-13-14-5-3-2-4-6-14/h2-12,26-27H,13H2,1H3,(H,28,29). The van der Waals surface area contributed by atoms with Crippen LogP contribution in [0.2, 0.25) is 0 Å². The monoisotopic (exact) mass is 487 g/mol. The van der Waals surface area contributed by atoms with Crippen molar-refractivity contribution in [1.82, 2.24) is 9.71 Å². The van der Waals surface area contributed by atoms with E-state index in [9.17, 15) is 22.0 Å². The third kappa shape index (κ3) is 5.26. The smallest absolute Gasteiger partial charge is 0.422 e. The molecule has 0 saturated heterocycles. The SMILES string of the molecule is COc1ccc(-c2cc3cc(F)c(F)cc3[nH]2)cc1NS(=O)(=O)NC(=O)OCc1ccccc1. The molecule has 34 heavy (non-hydrogen) atoms. The summed E-state index contributed by atoms with van der Waals surface area (Å²) in [6.45, 7) is -0.109. The Morgan fingerprint density at radius 1 is 1.00 bits per heavy atom. The number of amides is 1. The van der Waals surface area contributed by atoms with Crippen LogP contribution in [0, 0.1) is 11.6 Å². The predicted octanol–water partition coefficient (Wildman–Crippen LogP) is 4.70. The van der Waals surface area contributed by atoms with Crippen LogP contribution >= 0.6 is 0 Å². The van der Waals surface area contributed by atoms with Crippen LogP contribution in [0.25, 0.3) is 22.2 Å². The van der Waals surface area contributed by atoms with Gasteiger partial charge in [0, 0.05) is 28.2 Å². The summed E-state index contributed by atoms with van der Waals surface area (Å²) in [5.74, 6) is -1.79. The fourth-order valence-corrected chi connectivity index (χ4v) is 4.05. The Hall–Kier alpha value is -4.12. The van der Waals surface area contributed by atoms with Gasteiger partial charge in [0.05, 0.1) is 12.8 Å². The molecule has 0 aliphatic carbocycles. The Labute approximate surface area is 193 Å². The summed E-state index contributed by atoms with van der Waals surface area (Å²) in [5, 5.41) is 0.440. The van der Waals surface area contributed by atoms with E-state index in [2.05, 4.69) is 9.71 Å². The van der Waals surface area contributed by atoms with Gasteiger partial charge < -0.3 is 14.5 Å². The molecule has 3 aromatic carbocycles. The van der Waals surface area contributed by atoms with Gasteiger partial charge in [-0.15, -0.1) is 0 Å². The van der Waals surface area contributed by atoms with Crippen molar-refractivity contribution >= 4 is 32.9 Å². The quantitative estimate of drug-likeness (QED) is 0.350. The fourth-order valence-electron chi connectivity index (χ4n) is 3.27. The maximum Gasteiger partial charge on any atom is 0.422 e. The number of carbonyl (C=O) groups excluding carboxylic acids is 1. The number of ether oxygens (including phenoxy) is 2. The molecule has 3 N–H and O–H groups in total. The number of H-pyrrole nitrogens is 1. The number of methoxy groups -OCH3 is 1. The highest BCUT2D eigenvalue weighted by atomic mass is 32.2. The molecule has 0 spiro atoms. The maximum absolute atomic E-state index is 13.5. The molecule has 4 rings (SSSR count). The lowest BCUT2D eigenvalue weighted by atomic mass is 10.1. The lowest BCUT2D eigenvalue weighted by molar-refractivity contribution is 0.146. The molecular weight excluding hydrogens is 468 g/mol. The number of halogens is 2. The van der Waals surface area contributed by atoms with Crippen LogP contribution < -0.4 is 14.2 Å². The van der Waals surface area contributed by atoms with E-state index < -0.39 is 27.9 Å². The van der Waals surface area contributed by atoms with Crippen LogP contribution in [-0.4, -0.2) is 26.6 Å². The van der Waals surface area contributed by atoms with E-state index in [1.54, 1.807) is 47.2 Å². The molecule has 11 heteroatoms. The van der Waals surface area contributed by atoms with Crippen LogP contribution in [-0.2, 0) is 21.6 Å². The number of anilines is 1. The van der Waals surface area contributed by atoms with Crippen molar-refractivity contribution in [3.63, 3.8) is 0 Å². The van der Waals surface area contributed by atoms with Gasteiger partial charge >= 0.3 is 16.3 Å². The Balaban J connectivity index is 1.53. The summed E-state index contributed by atoms with van der Waals surface area (Å²) in [7, 11) is -3.02. The van der Waals surface area contributed by atoms with Gasteiger partial charge in [0.1, 0.15) is 12.4 Å². The minimum Gasteiger partial charge on any atom is -0.495 e. The predicted molar refractivity (Wildman–Crippen MR) is 123 cm³/mol. The van der Waals surface area contributed by atoms with Crippen LogP contribution in [0.1, 0.15) is 5.56 Å². The summed E-state index contributed by atoms with van der Waals surface area (Å²) in [6.07, 6.45) is -1.16. The zero-order chi connectivity index (χ0) is 24.3. The molecule has 0 fully saturated rings. The second-order valence-corrected chi connectivity index (χ2v) is 8.64. The first-order chi connectivity index (χ1) is 16.2. The minimum absolute atomic E-state index is 0.0272. The van der Waals surface area contributed by atoms with Gasteiger partial charge in [0.15, 0.2) is 11.6 Å². The van der Waals surface area contributed by atoms with E-state index in [-0.39, 0.29) is 18.0 Å². The molecule has 0 unspecified atom stereocenters. The molecule has 0 bridgehead atoms. The van der Waals surface area contributed by atoms with E-state index in [1.807, 2.05) is 0 Å². The average molecular weight is 487 g/mol. The first kappa shape index (κ1) is 23.1. The highest BCUT2D eigenvalue weighted by molar-refractivity contribution is 7.91. The number of rotatable bonds is 7. The van der Waals surface area contributed by atoms with E-state index >= 15 is 0 Å². The van der Waals surface area contributed by atoms with Crippen molar-refractivity contribution in [3.8, 4) is 17.0 Å². The van der Waals surface area contributed by atoms with Crippen LogP contribution in [0.3, 0.4) is 0 Å². The van der Waals surface area contributed by atoms with E-state index in [0.29, 0.717) is 27.7 Å². The van der Waals surface area contributed by atoms with E-state index in [4.69, 9.17) is 9.47 Å². The van der Waals surface area contributed by atoms with Crippen LogP contribution in [0.5, 0.6) is 5.75 Å². The fraction of sp³-hybridized carbons (Fsp3) is 0.0870. The third-order valence-electron chi connectivity index (χ3n) is 4.85. The van der Waals surface area contributed by atoms with Crippen LogP contribution in [0.4, 0.5) is 19.3 Å². The van der Waals surface area contributed by atoms with Crippen molar-refractivity contribution in [3.05, 3.63) is 83.9 Å². The van der Waals surface area contributed by atoms with Crippen molar-refractivity contribution in [1.29, 1.82) is 0 Å². The Morgan fingerprint density at radius 3 is 2.47 bits per heavy atom. The van der Waals surface area contributed by atoms with Crippen molar-refractivity contribution in [2.75, 3.05) is 11.8 Å². The Kier molecular flexibility index (Phi) is 6.37. The molecule has 0 aliphatic heterocycles. The lowest BCUT2D eigenvalue weighted by Crippen LogP contribution is -2.35. The highest BCUT2D eigenvalue weighted by Gasteiger charge is 2.19. The number of aromatic nitrogens is 1. The molecule has 0 atom stereocenters. The molecule has 8 nitrogen and oxygen atoms in total. The molecule has 0 radical (unpaired) electrons. The molecule has 176 valence electrons. The van der Waals surface area contributed by atoms with Crippen molar-refractivity contribution < 1.29 is 31.5 Å². The lowest BCUT2D eigenvalue weighted by Gasteiger charge is -2.14. The molecule has 1 heterocycles. The number of carbonyl (C=O) groups is 1. The summed E-state index contributed by atoms with van der Waals surface area (Å²) >= 11 is 0. The summed E-state index contributed by atoms with van der Waals surface area (Å²) in [5.41, 5.74) is 2.07.